The Labute approximate surface area is 82.1 Å². The molecular formula is C10H13FN2O. The van der Waals surface area contributed by atoms with Gasteiger partial charge in [0.25, 0.3) is 0 Å². The molecule has 0 aromatic heterocycles. The Kier molecular flexibility index (Phi) is 2.65. The molecule has 0 saturated carbocycles. The third-order valence-corrected chi connectivity index (χ3v) is 2.30. The van der Waals surface area contributed by atoms with Gasteiger partial charge in [0.1, 0.15) is 5.82 Å². The first-order valence-corrected chi connectivity index (χ1v) is 4.64. The zero-order chi connectivity index (χ0) is 9.97. The molecule has 1 fully saturated rings. The van der Waals surface area contributed by atoms with Crippen LogP contribution in [0.15, 0.2) is 18.2 Å². The van der Waals surface area contributed by atoms with Gasteiger partial charge in [-0.1, -0.05) is 6.07 Å². The molecule has 1 aromatic rings. The maximum absolute atomic E-state index is 13.4. The Bertz CT molecular complexity index is 324. The molecule has 1 heterocycles. The lowest BCUT2D eigenvalue weighted by molar-refractivity contribution is 0.0255. The standard InChI is InChI=1S/C10H13FN2O/c11-9-5-7(12)1-2-8(9)10-6-13-3-4-14-10/h1-2,5,10,13H,3-4,6,12H2/t10-/m0/s1. The van der Waals surface area contributed by atoms with E-state index in [1.54, 1.807) is 12.1 Å². The van der Waals surface area contributed by atoms with Crippen molar-refractivity contribution in [1.82, 2.24) is 5.32 Å². The third-order valence-electron chi connectivity index (χ3n) is 2.30. The number of halogens is 1. The van der Waals surface area contributed by atoms with Crippen molar-refractivity contribution in [3.63, 3.8) is 0 Å². The average molecular weight is 196 g/mol. The molecule has 0 radical (unpaired) electrons. The Balaban J connectivity index is 2.22. The van der Waals surface area contributed by atoms with Crippen LogP contribution in [0.5, 0.6) is 0 Å². The minimum Gasteiger partial charge on any atom is -0.399 e. The van der Waals surface area contributed by atoms with Crippen LogP contribution < -0.4 is 11.1 Å². The highest BCUT2D eigenvalue weighted by Crippen LogP contribution is 2.23. The molecule has 1 saturated heterocycles. The fourth-order valence-corrected chi connectivity index (χ4v) is 1.57. The highest BCUT2D eigenvalue weighted by atomic mass is 19.1. The molecule has 0 bridgehead atoms. The summed E-state index contributed by atoms with van der Waals surface area (Å²) in [5.74, 6) is -0.293. The number of rotatable bonds is 1. The number of nitrogen functional groups attached to an aromatic ring is 1. The molecule has 14 heavy (non-hydrogen) atoms. The second-order valence-corrected chi connectivity index (χ2v) is 3.34. The quantitative estimate of drug-likeness (QED) is 0.660. The van der Waals surface area contributed by atoms with E-state index in [9.17, 15) is 4.39 Å². The molecule has 76 valence electrons. The Morgan fingerprint density at radius 3 is 3.00 bits per heavy atom. The maximum atomic E-state index is 13.4. The van der Waals surface area contributed by atoms with E-state index in [0.717, 1.165) is 6.54 Å². The Morgan fingerprint density at radius 2 is 2.36 bits per heavy atom. The van der Waals surface area contributed by atoms with Gasteiger partial charge in [-0.15, -0.1) is 0 Å². The monoisotopic (exact) mass is 196 g/mol. The first-order chi connectivity index (χ1) is 6.77. The summed E-state index contributed by atoms with van der Waals surface area (Å²) in [7, 11) is 0. The molecule has 1 atom stereocenters. The smallest absolute Gasteiger partial charge is 0.131 e. The number of nitrogens with one attached hydrogen (secondary N) is 1. The number of nitrogens with two attached hydrogens (primary N) is 1. The molecule has 3 nitrogen and oxygen atoms in total. The second kappa shape index (κ2) is 3.94. The zero-order valence-corrected chi connectivity index (χ0v) is 7.79. The number of morpholine rings is 1. The van der Waals surface area contributed by atoms with Gasteiger partial charge < -0.3 is 15.8 Å². The van der Waals surface area contributed by atoms with Crippen LogP contribution in [0.1, 0.15) is 11.7 Å². The number of hydrogen-bond acceptors (Lipinski definition) is 3. The normalized spacial score (nSPS) is 22.2. The predicted octanol–water partition coefficient (Wildman–Crippen LogP) is 1.07. The van der Waals surface area contributed by atoms with Crippen molar-refractivity contribution in [1.29, 1.82) is 0 Å². The largest absolute Gasteiger partial charge is 0.399 e. The summed E-state index contributed by atoms with van der Waals surface area (Å²) in [5, 5.41) is 3.15. The lowest BCUT2D eigenvalue weighted by Gasteiger charge is -2.24. The van der Waals surface area contributed by atoms with E-state index in [0.29, 0.717) is 24.4 Å². The van der Waals surface area contributed by atoms with E-state index in [4.69, 9.17) is 10.5 Å². The molecule has 2 rings (SSSR count). The summed E-state index contributed by atoms with van der Waals surface area (Å²) in [6.07, 6.45) is -0.190. The first-order valence-electron chi connectivity index (χ1n) is 4.64. The molecule has 3 N–H and O–H groups in total. The van der Waals surface area contributed by atoms with Crippen LogP contribution in [0.2, 0.25) is 0 Å². The van der Waals surface area contributed by atoms with Crippen molar-refractivity contribution < 1.29 is 9.13 Å². The maximum Gasteiger partial charge on any atom is 0.131 e. The number of anilines is 1. The summed E-state index contributed by atoms with van der Waals surface area (Å²) in [6, 6.07) is 4.70. The first kappa shape index (κ1) is 9.43. The lowest BCUT2D eigenvalue weighted by Crippen LogP contribution is -2.33. The van der Waals surface area contributed by atoms with Gasteiger partial charge in [0.2, 0.25) is 0 Å². The Morgan fingerprint density at radius 1 is 1.50 bits per heavy atom. The molecule has 0 spiro atoms. The SMILES string of the molecule is Nc1ccc([C@@H]2CNCCO2)c(F)c1. The van der Waals surface area contributed by atoms with Crippen LogP contribution in [-0.4, -0.2) is 19.7 Å². The summed E-state index contributed by atoms with van der Waals surface area (Å²) in [6.45, 7) is 2.10. The van der Waals surface area contributed by atoms with E-state index in [2.05, 4.69) is 5.32 Å². The predicted molar refractivity (Wildman–Crippen MR) is 52.4 cm³/mol. The van der Waals surface area contributed by atoms with Crippen molar-refractivity contribution >= 4 is 5.69 Å². The molecule has 4 heteroatoms. The number of hydrogen-bond donors (Lipinski definition) is 2. The molecule has 1 aromatic carbocycles. The van der Waals surface area contributed by atoms with Gasteiger partial charge in [0.15, 0.2) is 0 Å². The van der Waals surface area contributed by atoms with Crippen LogP contribution >= 0.6 is 0 Å². The molecular weight excluding hydrogens is 183 g/mol. The fourth-order valence-electron chi connectivity index (χ4n) is 1.57. The van der Waals surface area contributed by atoms with Crippen molar-refractivity contribution in [2.45, 2.75) is 6.10 Å². The van der Waals surface area contributed by atoms with Crippen LogP contribution in [0.3, 0.4) is 0 Å². The van der Waals surface area contributed by atoms with Crippen LogP contribution in [0.25, 0.3) is 0 Å². The third kappa shape index (κ3) is 1.86. The van der Waals surface area contributed by atoms with Gasteiger partial charge in [-0.25, -0.2) is 4.39 Å². The van der Waals surface area contributed by atoms with Gasteiger partial charge in [0, 0.05) is 24.3 Å². The zero-order valence-electron chi connectivity index (χ0n) is 7.79. The van der Waals surface area contributed by atoms with Gasteiger partial charge in [-0.3, -0.25) is 0 Å². The van der Waals surface area contributed by atoms with Crippen molar-refractivity contribution in [3.8, 4) is 0 Å². The van der Waals surface area contributed by atoms with E-state index in [1.165, 1.54) is 6.07 Å². The molecule has 1 aliphatic rings. The van der Waals surface area contributed by atoms with E-state index in [1.807, 2.05) is 0 Å². The van der Waals surface area contributed by atoms with E-state index in [-0.39, 0.29) is 11.9 Å². The van der Waals surface area contributed by atoms with Gasteiger partial charge in [0.05, 0.1) is 12.7 Å². The highest BCUT2D eigenvalue weighted by Gasteiger charge is 2.18. The van der Waals surface area contributed by atoms with Gasteiger partial charge in [-0.2, -0.15) is 0 Å². The summed E-state index contributed by atoms with van der Waals surface area (Å²) < 4.78 is 18.9. The van der Waals surface area contributed by atoms with Crippen molar-refractivity contribution in [2.75, 3.05) is 25.4 Å². The topological polar surface area (TPSA) is 47.3 Å². The fraction of sp³-hybridized carbons (Fsp3) is 0.400. The van der Waals surface area contributed by atoms with Crippen LogP contribution in [0, 0.1) is 5.82 Å². The molecule has 1 aliphatic heterocycles. The molecule has 0 aliphatic carbocycles. The lowest BCUT2D eigenvalue weighted by atomic mass is 10.1. The number of ether oxygens (including phenoxy) is 1. The average Bonchev–Trinajstić information content (AvgIpc) is 2.19. The van der Waals surface area contributed by atoms with E-state index < -0.39 is 0 Å². The van der Waals surface area contributed by atoms with Crippen molar-refractivity contribution in [3.05, 3.63) is 29.6 Å². The summed E-state index contributed by atoms with van der Waals surface area (Å²) >= 11 is 0. The summed E-state index contributed by atoms with van der Waals surface area (Å²) in [4.78, 5) is 0. The Hall–Kier alpha value is -1.13. The second-order valence-electron chi connectivity index (χ2n) is 3.34. The van der Waals surface area contributed by atoms with Crippen LogP contribution in [-0.2, 0) is 4.74 Å². The summed E-state index contributed by atoms with van der Waals surface area (Å²) in [5.41, 5.74) is 6.48. The molecule has 0 amide bonds. The minimum absolute atomic E-state index is 0.190. The highest BCUT2D eigenvalue weighted by molar-refractivity contribution is 5.41. The molecule has 0 unspecified atom stereocenters. The van der Waals surface area contributed by atoms with Crippen LogP contribution in [0.4, 0.5) is 10.1 Å². The van der Waals surface area contributed by atoms with Crippen molar-refractivity contribution in [2.24, 2.45) is 0 Å². The minimum atomic E-state index is -0.293. The van der Waals surface area contributed by atoms with Gasteiger partial charge >= 0.3 is 0 Å². The van der Waals surface area contributed by atoms with E-state index >= 15 is 0 Å². The van der Waals surface area contributed by atoms with Gasteiger partial charge in [-0.05, 0) is 12.1 Å². The number of benzene rings is 1.